The lowest BCUT2D eigenvalue weighted by molar-refractivity contribution is 1.08. The minimum absolute atomic E-state index is 0.654. The summed E-state index contributed by atoms with van der Waals surface area (Å²) in [4.78, 5) is 16.3. The average molecular weight is 818 g/mol. The van der Waals surface area contributed by atoms with Gasteiger partial charge in [0.2, 0.25) is 0 Å². The Hall–Kier alpha value is -8.19. The van der Waals surface area contributed by atoms with Crippen LogP contribution < -0.4 is 0 Å². The SMILES string of the molecule is c1ccc2c(-c3nc(-c4cc5ccccc5c5ccccc45)nc(-c4cccc5c4sc4c5cc5c6ccccc6n6c7cccc8c9ccccc9n(c87)c4c56)n3)cccc2c1. The summed E-state index contributed by atoms with van der Waals surface area (Å²) < 4.78 is 7.45. The van der Waals surface area contributed by atoms with Crippen LogP contribution in [-0.2, 0) is 0 Å². The first-order valence-corrected chi connectivity index (χ1v) is 22.2. The summed E-state index contributed by atoms with van der Waals surface area (Å²) in [6.07, 6.45) is 0. The van der Waals surface area contributed by atoms with Gasteiger partial charge in [-0.25, -0.2) is 15.0 Å². The standard InChI is InChI=1S/C57H31N5S/c1-3-17-34-32(14-1)16-11-25-42(34)55-58-56(60-57(59-55)46-30-33-15-2-4-18-35(33)36-19-5-6-20-37(36)46)43-26-12-24-41-45-31-44-39-22-8-9-27-47(39)61-49-29-13-23-40-38-21-7-10-28-48(38)62(50(40)49)52(51(44)61)54(45)63-53(41)43/h1-31H. The molecule has 0 aliphatic carbocycles. The number of hydrogen-bond acceptors (Lipinski definition) is 4. The summed E-state index contributed by atoms with van der Waals surface area (Å²) in [5.41, 5.74) is 10.3. The molecule has 0 bridgehead atoms. The predicted molar refractivity (Wildman–Crippen MR) is 265 cm³/mol. The van der Waals surface area contributed by atoms with Gasteiger partial charge in [-0.3, -0.25) is 0 Å². The van der Waals surface area contributed by atoms with Crippen molar-refractivity contribution in [2.45, 2.75) is 0 Å². The molecule has 0 aliphatic heterocycles. The molecule has 0 saturated heterocycles. The van der Waals surface area contributed by atoms with Gasteiger partial charge >= 0.3 is 0 Å². The van der Waals surface area contributed by atoms with Gasteiger partial charge in [-0.1, -0.05) is 152 Å². The van der Waals surface area contributed by atoms with E-state index in [4.69, 9.17) is 15.0 Å². The Morgan fingerprint density at radius 3 is 1.65 bits per heavy atom. The fraction of sp³-hybridized carbons (Fsp3) is 0. The van der Waals surface area contributed by atoms with E-state index in [9.17, 15) is 0 Å². The van der Waals surface area contributed by atoms with Gasteiger partial charge in [0.05, 0.1) is 37.8 Å². The highest BCUT2D eigenvalue weighted by atomic mass is 32.1. The van der Waals surface area contributed by atoms with Crippen LogP contribution in [0.2, 0.25) is 0 Å². The Balaban J connectivity index is 1.09. The normalized spacial score (nSPS) is 12.4. The summed E-state index contributed by atoms with van der Waals surface area (Å²) >= 11 is 1.85. The van der Waals surface area contributed by atoms with Crippen molar-refractivity contribution in [3.05, 3.63) is 188 Å². The van der Waals surface area contributed by atoms with E-state index in [0.717, 1.165) is 42.9 Å². The van der Waals surface area contributed by atoms with E-state index in [2.05, 4.69) is 197 Å². The first-order valence-electron chi connectivity index (χ1n) is 21.4. The zero-order chi connectivity index (χ0) is 40.9. The molecule has 5 heterocycles. The van der Waals surface area contributed by atoms with E-state index < -0.39 is 0 Å². The summed E-state index contributed by atoms with van der Waals surface area (Å²) in [7, 11) is 0. The van der Waals surface area contributed by atoms with E-state index in [1.54, 1.807) is 0 Å². The largest absolute Gasteiger partial charge is 0.305 e. The van der Waals surface area contributed by atoms with Crippen molar-refractivity contribution < 1.29 is 0 Å². The number of aromatic nitrogens is 5. The molecule has 10 aromatic carbocycles. The maximum Gasteiger partial charge on any atom is 0.165 e. The minimum atomic E-state index is 0.654. The van der Waals surface area contributed by atoms with Crippen LogP contribution >= 0.6 is 11.3 Å². The molecule has 0 aliphatic rings. The van der Waals surface area contributed by atoms with Crippen molar-refractivity contribution in [2.75, 3.05) is 0 Å². The lowest BCUT2D eigenvalue weighted by Crippen LogP contribution is -2.01. The van der Waals surface area contributed by atoms with Crippen LogP contribution in [0.5, 0.6) is 0 Å². The molecule has 0 atom stereocenters. The second-order valence-corrected chi connectivity index (χ2v) is 17.7. The zero-order valence-electron chi connectivity index (χ0n) is 33.5. The Morgan fingerprint density at radius 1 is 0.286 bits per heavy atom. The highest BCUT2D eigenvalue weighted by molar-refractivity contribution is 7.27. The van der Waals surface area contributed by atoms with Crippen molar-refractivity contribution in [3.63, 3.8) is 0 Å². The molecule has 0 N–H and O–H groups in total. The molecule has 6 heteroatoms. The Kier molecular flexibility index (Phi) is 6.50. The Morgan fingerprint density at radius 2 is 0.825 bits per heavy atom. The minimum Gasteiger partial charge on any atom is -0.305 e. The van der Waals surface area contributed by atoms with Crippen molar-refractivity contribution in [3.8, 4) is 34.2 Å². The highest BCUT2D eigenvalue weighted by Gasteiger charge is 2.26. The molecule has 15 aromatic rings. The second-order valence-electron chi connectivity index (χ2n) is 16.7. The lowest BCUT2D eigenvalue weighted by atomic mass is 9.96. The highest BCUT2D eigenvalue weighted by Crippen LogP contribution is 2.49. The maximum absolute atomic E-state index is 5.48. The third-order valence-corrected chi connectivity index (χ3v) is 14.7. The van der Waals surface area contributed by atoms with Gasteiger partial charge in [0.15, 0.2) is 17.5 Å². The topological polar surface area (TPSA) is 47.5 Å². The van der Waals surface area contributed by atoms with Gasteiger partial charge in [0, 0.05) is 53.7 Å². The number of fused-ring (bicyclic) bond motifs is 16. The monoisotopic (exact) mass is 817 g/mol. The lowest BCUT2D eigenvalue weighted by Gasteiger charge is -2.13. The van der Waals surface area contributed by atoms with Crippen LogP contribution in [0.25, 0.3) is 141 Å². The van der Waals surface area contributed by atoms with Gasteiger partial charge in [0.1, 0.15) is 0 Å². The molecule has 5 aromatic heterocycles. The van der Waals surface area contributed by atoms with E-state index >= 15 is 0 Å². The van der Waals surface area contributed by atoms with Gasteiger partial charge in [-0.05, 0) is 68.7 Å². The zero-order valence-corrected chi connectivity index (χ0v) is 34.4. The molecule has 290 valence electrons. The molecule has 5 nitrogen and oxygen atoms in total. The van der Waals surface area contributed by atoms with Crippen LogP contribution in [0, 0.1) is 0 Å². The Bertz CT molecular complexity index is 4450. The van der Waals surface area contributed by atoms with Gasteiger partial charge in [0.25, 0.3) is 0 Å². The number of rotatable bonds is 3. The van der Waals surface area contributed by atoms with Crippen LogP contribution in [0.1, 0.15) is 0 Å². The molecular formula is C57H31N5S. The van der Waals surface area contributed by atoms with Crippen LogP contribution in [0.4, 0.5) is 0 Å². The molecule has 0 spiro atoms. The molecule has 0 amide bonds. The van der Waals surface area contributed by atoms with E-state index in [1.807, 2.05) is 11.3 Å². The molecule has 0 fully saturated rings. The second kappa shape index (κ2) is 12.2. The summed E-state index contributed by atoms with van der Waals surface area (Å²) in [6, 6.07) is 67.9. The third-order valence-electron chi connectivity index (χ3n) is 13.4. The van der Waals surface area contributed by atoms with Crippen LogP contribution in [0.3, 0.4) is 0 Å². The number of benzene rings is 10. The number of hydrogen-bond donors (Lipinski definition) is 0. The van der Waals surface area contributed by atoms with Crippen molar-refractivity contribution in [2.24, 2.45) is 0 Å². The summed E-state index contributed by atoms with van der Waals surface area (Å²) in [5.74, 6) is 1.97. The molecule has 0 unspecified atom stereocenters. The first kappa shape index (κ1) is 33.5. The van der Waals surface area contributed by atoms with Crippen molar-refractivity contribution in [1.29, 1.82) is 0 Å². The smallest absolute Gasteiger partial charge is 0.165 e. The number of para-hydroxylation sites is 3. The molecule has 0 radical (unpaired) electrons. The molecule has 63 heavy (non-hydrogen) atoms. The van der Waals surface area contributed by atoms with Crippen LogP contribution in [-0.4, -0.2) is 23.8 Å². The molecule has 0 saturated carbocycles. The fourth-order valence-corrected chi connectivity index (χ4v) is 12.1. The van der Waals surface area contributed by atoms with E-state index in [-0.39, 0.29) is 0 Å². The predicted octanol–water partition coefficient (Wildman–Crippen LogP) is 15.3. The quantitative estimate of drug-likeness (QED) is 0.132. The number of thiophene rings is 1. The van der Waals surface area contributed by atoms with Gasteiger partial charge in [-0.15, -0.1) is 11.3 Å². The fourth-order valence-electron chi connectivity index (χ4n) is 10.8. The molecular weight excluding hydrogens is 787 g/mol. The third kappa shape index (κ3) is 4.42. The molecule has 15 rings (SSSR count). The summed E-state index contributed by atoms with van der Waals surface area (Å²) in [5, 5.41) is 14.4. The number of nitrogens with zero attached hydrogens (tertiary/aromatic N) is 5. The van der Waals surface area contributed by atoms with Gasteiger partial charge in [-0.2, -0.15) is 0 Å². The van der Waals surface area contributed by atoms with E-state index in [0.29, 0.717) is 17.5 Å². The van der Waals surface area contributed by atoms with Gasteiger partial charge < -0.3 is 8.80 Å². The van der Waals surface area contributed by atoms with E-state index in [1.165, 1.54) is 80.9 Å². The summed E-state index contributed by atoms with van der Waals surface area (Å²) in [6.45, 7) is 0. The Labute approximate surface area is 362 Å². The average Bonchev–Trinajstić information content (AvgIpc) is 4.01. The first-order chi connectivity index (χ1) is 31.3. The van der Waals surface area contributed by atoms with Crippen LogP contribution in [0.15, 0.2) is 188 Å². The maximum atomic E-state index is 5.48. The van der Waals surface area contributed by atoms with Crippen molar-refractivity contribution in [1.82, 2.24) is 23.8 Å². The van der Waals surface area contributed by atoms with Crippen molar-refractivity contribution >= 4 is 118 Å².